The predicted octanol–water partition coefficient (Wildman–Crippen LogP) is 2.24. The summed E-state index contributed by atoms with van der Waals surface area (Å²) in [6.07, 6.45) is 1.26. The molecule has 1 aliphatic rings. The number of carbonyl (C=O) groups is 3. The number of hydrogen-bond donors (Lipinski definition) is 2. The van der Waals surface area contributed by atoms with Crippen molar-refractivity contribution in [2.75, 3.05) is 20.1 Å². The maximum atomic E-state index is 13.1. The number of rotatable bonds is 6. The second kappa shape index (κ2) is 8.83. The molecule has 0 spiro atoms. The quantitative estimate of drug-likeness (QED) is 0.793. The monoisotopic (exact) mass is 379 g/mol. The van der Waals surface area contributed by atoms with Gasteiger partial charge in [-0.25, -0.2) is 9.18 Å². The molecule has 1 fully saturated rings. The van der Waals surface area contributed by atoms with Gasteiger partial charge < -0.3 is 20.2 Å². The molecule has 0 radical (unpaired) electrons. The van der Waals surface area contributed by atoms with Crippen LogP contribution in [-0.4, -0.2) is 59.0 Å². The lowest BCUT2D eigenvalue weighted by atomic mass is 9.99. The summed E-state index contributed by atoms with van der Waals surface area (Å²) >= 11 is 0. The fourth-order valence-electron chi connectivity index (χ4n) is 3.17. The van der Waals surface area contributed by atoms with Crippen LogP contribution in [0.5, 0.6) is 0 Å². The summed E-state index contributed by atoms with van der Waals surface area (Å²) < 4.78 is 13.1. The molecule has 3 unspecified atom stereocenters. The minimum Gasteiger partial charge on any atom is -0.481 e. The second-order valence-electron chi connectivity index (χ2n) is 7.02. The molecule has 27 heavy (non-hydrogen) atoms. The molecule has 2 rings (SSSR count). The largest absolute Gasteiger partial charge is 0.481 e. The Morgan fingerprint density at radius 2 is 1.96 bits per heavy atom. The predicted molar refractivity (Wildman–Crippen MR) is 97.5 cm³/mol. The molecule has 1 aromatic rings. The van der Waals surface area contributed by atoms with Gasteiger partial charge in [0.05, 0.1) is 12.0 Å². The maximum absolute atomic E-state index is 13.1. The van der Waals surface area contributed by atoms with E-state index in [1.165, 1.54) is 31.0 Å². The van der Waals surface area contributed by atoms with Gasteiger partial charge in [-0.2, -0.15) is 0 Å². The van der Waals surface area contributed by atoms with Crippen molar-refractivity contribution in [3.05, 3.63) is 35.6 Å². The lowest BCUT2D eigenvalue weighted by Crippen LogP contribution is -2.55. The van der Waals surface area contributed by atoms with Crippen LogP contribution in [0.1, 0.15) is 38.3 Å². The number of urea groups is 1. The first-order chi connectivity index (χ1) is 12.7. The Morgan fingerprint density at radius 3 is 2.56 bits per heavy atom. The molecule has 7 nitrogen and oxygen atoms in total. The molecule has 0 aromatic heterocycles. The molecule has 3 amide bonds. The van der Waals surface area contributed by atoms with E-state index in [-0.39, 0.29) is 24.3 Å². The highest BCUT2D eigenvalue weighted by Gasteiger charge is 2.33. The summed E-state index contributed by atoms with van der Waals surface area (Å²) in [6.45, 7) is 4.01. The van der Waals surface area contributed by atoms with E-state index in [1.807, 2.05) is 6.92 Å². The fraction of sp³-hybridized carbons (Fsp3) is 0.526. The van der Waals surface area contributed by atoms with Crippen molar-refractivity contribution in [1.82, 2.24) is 15.1 Å². The Hall–Kier alpha value is -2.64. The summed E-state index contributed by atoms with van der Waals surface area (Å²) in [7, 11) is 1.50. The van der Waals surface area contributed by atoms with Crippen LogP contribution < -0.4 is 5.32 Å². The van der Waals surface area contributed by atoms with Gasteiger partial charge in [0, 0.05) is 20.1 Å². The third kappa shape index (κ3) is 5.18. The lowest BCUT2D eigenvalue weighted by molar-refractivity contribution is -0.141. The number of amides is 3. The van der Waals surface area contributed by atoms with E-state index in [1.54, 1.807) is 17.0 Å². The standard InChI is InChI=1S/C19H26FN3O4/c1-12(18(25)26)11-22(3)19(27)21-16-5-4-10-23(17(16)24)13(2)14-6-8-15(20)9-7-14/h6-9,12-13,16H,4-5,10-11H2,1-3H3,(H,21,27)(H,25,26). The van der Waals surface area contributed by atoms with Gasteiger partial charge in [0.1, 0.15) is 11.9 Å². The number of halogens is 1. The van der Waals surface area contributed by atoms with Crippen molar-refractivity contribution in [1.29, 1.82) is 0 Å². The minimum absolute atomic E-state index is 0.0533. The van der Waals surface area contributed by atoms with Gasteiger partial charge in [0.25, 0.3) is 0 Å². The fourth-order valence-corrected chi connectivity index (χ4v) is 3.17. The van der Waals surface area contributed by atoms with E-state index in [4.69, 9.17) is 5.11 Å². The highest BCUT2D eigenvalue weighted by molar-refractivity contribution is 5.88. The number of hydrogen-bond acceptors (Lipinski definition) is 3. The molecular weight excluding hydrogens is 353 g/mol. The molecule has 3 atom stereocenters. The van der Waals surface area contributed by atoms with E-state index in [0.29, 0.717) is 13.0 Å². The number of aliphatic carboxylic acids is 1. The molecular formula is C19H26FN3O4. The van der Waals surface area contributed by atoms with Crippen LogP contribution in [-0.2, 0) is 9.59 Å². The van der Waals surface area contributed by atoms with Crippen LogP contribution in [0.2, 0.25) is 0 Å². The van der Waals surface area contributed by atoms with Gasteiger partial charge in [-0.15, -0.1) is 0 Å². The van der Waals surface area contributed by atoms with Crippen molar-refractivity contribution in [2.24, 2.45) is 5.92 Å². The molecule has 1 saturated heterocycles. The minimum atomic E-state index is -0.984. The Morgan fingerprint density at radius 1 is 1.33 bits per heavy atom. The summed E-state index contributed by atoms with van der Waals surface area (Å²) in [5.41, 5.74) is 0.823. The second-order valence-corrected chi connectivity index (χ2v) is 7.02. The normalized spacial score (nSPS) is 19.3. The first-order valence-electron chi connectivity index (χ1n) is 9.01. The molecule has 1 heterocycles. The van der Waals surface area contributed by atoms with Gasteiger partial charge in [-0.1, -0.05) is 19.1 Å². The van der Waals surface area contributed by atoms with Crippen LogP contribution in [0, 0.1) is 11.7 Å². The van der Waals surface area contributed by atoms with Crippen molar-refractivity contribution < 1.29 is 23.9 Å². The van der Waals surface area contributed by atoms with Gasteiger partial charge in [0.15, 0.2) is 0 Å². The summed E-state index contributed by atoms with van der Waals surface area (Å²) in [4.78, 5) is 39.0. The van der Waals surface area contributed by atoms with Crippen LogP contribution in [0.15, 0.2) is 24.3 Å². The lowest BCUT2D eigenvalue weighted by Gasteiger charge is -2.37. The van der Waals surface area contributed by atoms with Crippen LogP contribution in [0.25, 0.3) is 0 Å². The first-order valence-corrected chi connectivity index (χ1v) is 9.01. The molecule has 1 aliphatic heterocycles. The van der Waals surface area contributed by atoms with Crippen LogP contribution in [0.4, 0.5) is 9.18 Å². The highest BCUT2D eigenvalue weighted by atomic mass is 19.1. The Labute approximate surface area is 158 Å². The van der Waals surface area contributed by atoms with Crippen molar-refractivity contribution in [2.45, 2.75) is 38.8 Å². The number of likely N-dealkylation sites (tertiary alicyclic amines) is 1. The topological polar surface area (TPSA) is 90.0 Å². The molecule has 2 N–H and O–H groups in total. The smallest absolute Gasteiger partial charge is 0.317 e. The SMILES string of the molecule is CC(CN(C)C(=O)NC1CCCN(C(C)c2ccc(F)cc2)C1=O)C(=O)O. The average Bonchev–Trinajstić information content (AvgIpc) is 2.63. The number of benzene rings is 1. The zero-order chi connectivity index (χ0) is 20.1. The molecule has 148 valence electrons. The van der Waals surface area contributed by atoms with Gasteiger partial charge in [-0.3, -0.25) is 9.59 Å². The molecule has 1 aromatic carbocycles. The Balaban J connectivity index is 2.00. The first kappa shape index (κ1) is 20.7. The number of nitrogens with one attached hydrogen (secondary N) is 1. The third-order valence-electron chi connectivity index (χ3n) is 4.91. The van der Waals surface area contributed by atoms with Crippen molar-refractivity contribution in [3.8, 4) is 0 Å². The molecule has 0 aliphatic carbocycles. The van der Waals surface area contributed by atoms with E-state index >= 15 is 0 Å². The summed E-state index contributed by atoms with van der Waals surface area (Å²) in [6, 6.07) is 4.65. The zero-order valence-corrected chi connectivity index (χ0v) is 15.8. The van der Waals surface area contributed by atoms with Crippen molar-refractivity contribution in [3.63, 3.8) is 0 Å². The number of carbonyl (C=O) groups excluding carboxylic acids is 2. The molecule has 0 saturated carbocycles. The van der Waals surface area contributed by atoms with Crippen LogP contribution >= 0.6 is 0 Å². The number of piperidine rings is 1. The summed E-state index contributed by atoms with van der Waals surface area (Å²) in [5.74, 6) is -2.20. The Bertz CT molecular complexity index is 695. The maximum Gasteiger partial charge on any atom is 0.317 e. The summed E-state index contributed by atoms with van der Waals surface area (Å²) in [5, 5.41) is 11.7. The number of nitrogens with zero attached hydrogens (tertiary/aromatic N) is 2. The van der Waals surface area contributed by atoms with E-state index < -0.39 is 24.0 Å². The van der Waals surface area contributed by atoms with E-state index in [0.717, 1.165) is 12.0 Å². The van der Waals surface area contributed by atoms with Gasteiger partial charge in [0.2, 0.25) is 5.91 Å². The average molecular weight is 379 g/mol. The van der Waals surface area contributed by atoms with Gasteiger partial charge in [-0.05, 0) is 37.5 Å². The van der Waals surface area contributed by atoms with Crippen molar-refractivity contribution >= 4 is 17.9 Å². The van der Waals surface area contributed by atoms with E-state index in [2.05, 4.69) is 5.32 Å². The highest BCUT2D eigenvalue weighted by Crippen LogP contribution is 2.25. The zero-order valence-electron chi connectivity index (χ0n) is 15.8. The van der Waals surface area contributed by atoms with Crippen LogP contribution in [0.3, 0.4) is 0 Å². The molecule has 0 bridgehead atoms. The Kier molecular flexibility index (Phi) is 6.76. The van der Waals surface area contributed by atoms with E-state index in [9.17, 15) is 18.8 Å². The molecule has 8 heteroatoms. The third-order valence-corrected chi connectivity index (χ3v) is 4.91. The number of carboxylic acid groups (broad SMARTS) is 1. The van der Waals surface area contributed by atoms with Gasteiger partial charge >= 0.3 is 12.0 Å². The number of carboxylic acids is 1.